The van der Waals surface area contributed by atoms with Gasteiger partial charge in [0.15, 0.2) is 6.10 Å². The number of carbonyl (C=O) groups excluding carboxylic acids is 3. The summed E-state index contributed by atoms with van der Waals surface area (Å²) < 4.78 is 16.9. The monoisotopic (exact) mass is 975 g/mol. The van der Waals surface area contributed by atoms with Crippen LogP contribution >= 0.6 is 0 Å². The van der Waals surface area contributed by atoms with Gasteiger partial charge in [-0.3, -0.25) is 14.4 Å². The lowest BCUT2D eigenvalue weighted by Crippen LogP contribution is -2.30. The van der Waals surface area contributed by atoms with E-state index in [1.165, 1.54) is 257 Å². The first-order chi connectivity index (χ1) is 33.9. The zero-order valence-electron chi connectivity index (χ0n) is 47.3. The van der Waals surface area contributed by atoms with Gasteiger partial charge in [-0.1, -0.05) is 323 Å². The highest BCUT2D eigenvalue weighted by molar-refractivity contribution is 5.71. The summed E-state index contributed by atoms with van der Waals surface area (Å²) in [5.74, 6) is 0.0801. The van der Waals surface area contributed by atoms with E-state index in [-0.39, 0.29) is 31.1 Å². The van der Waals surface area contributed by atoms with Gasteiger partial charge in [0, 0.05) is 19.3 Å². The standard InChI is InChI=1S/C63H122O6/c1-5-8-10-12-14-16-18-20-21-27-31-35-39-43-47-51-55-62(65)68-58-60(57-67-61(64)54-50-46-42-38-34-29-19-17-15-13-11-9-6-2)69-63(66)56-52-48-44-40-36-32-28-25-23-22-24-26-30-33-37-41-45-49-53-59(4)7-3/h59-60H,5-58H2,1-4H3/t59?,60-/m0/s1. The first-order valence-corrected chi connectivity index (χ1v) is 31.4. The summed E-state index contributed by atoms with van der Waals surface area (Å²) in [6, 6.07) is 0. The third kappa shape index (κ3) is 55.6. The van der Waals surface area contributed by atoms with E-state index in [9.17, 15) is 14.4 Å². The molecule has 0 aliphatic heterocycles. The van der Waals surface area contributed by atoms with Crippen LogP contribution in [0.4, 0.5) is 0 Å². The van der Waals surface area contributed by atoms with E-state index < -0.39 is 6.10 Å². The Labute approximate surface area is 431 Å². The van der Waals surface area contributed by atoms with E-state index in [4.69, 9.17) is 14.2 Å². The van der Waals surface area contributed by atoms with Gasteiger partial charge in [-0.05, 0) is 25.2 Å². The average Bonchev–Trinajstić information content (AvgIpc) is 3.35. The number of rotatable bonds is 58. The Hall–Kier alpha value is -1.59. The molecule has 1 unspecified atom stereocenters. The maximum atomic E-state index is 12.9. The summed E-state index contributed by atoms with van der Waals surface area (Å²) >= 11 is 0. The summed E-state index contributed by atoms with van der Waals surface area (Å²) in [6.45, 7) is 9.12. The maximum absolute atomic E-state index is 12.9. The molecule has 0 radical (unpaired) electrons. The predicted octanol–water partition coefficient (Wildman–Crippen LogP) is 21.0. The van der Waals surface area contributed by atoms with Crippen molar-refractivity contribution in [2.24, 2.45) is 5.92 Å². The molecule has 0 spiro atoms. The number of hydrogen-bond acceptors (Lipinski definition) is 6. The normalized spacial score (nSPS) is 12.3. The molecule has 0 saturated heterocycles. The molecule has 0 fully saturated rings. The van der Waals surface area contributed by atoms with Crippen LogP contribution in [0.5, 0.6) is 0 Å². The van der Waals surface area contributed by atoms with Crippen LogP contribution in [0.2, 0.25) is 0 Å². The Morgan fingerprint density at radius 1 is 0.290 bits per heavy atom. The van der Waals surface area contributed by atoms with Crippen molar-refractivity contribution in [1.29, 1.82) is 0 Å². The summed E-state index contributed by atoms with van der Waals surface area (Å²) in [6.07, 6.45) is 63.8. The molecule has 0 bridgehead atoms. The topological polar surface area (TPSA) is 78.9 Å². The molecular formula is C63H122O6. The first-order valence-electron chi connectivity index (χ1n) is 31.4. The Morgan fingerprint density at radius 2 is 0.507 bits per heavy atom. The van der Waals surface area contributed by atoms with Crippen molar-refractivity contribution in [3.05, 3.63) is 0 Å². The van der Waals surface area contributed by atoms with Gasteiger partial charge in [-0.2, -0.15) is 0 Å². The minimum absolute atomic E-state index is 0.0612. The van der Waals surface area contributed by atoms with Gasteiger partial charge in [0.05, 0.1) is 0 Å². The van der Waals surface area contributed by atoms with Gasteiger partial charge in [0.1, 0.15) is 13.2 Å². The second-order valence-corrected chi connectivity index (χ2v) is 21.9. The van der Waals surface area contributed by atoms with Gasteiger partial charge in [0.25, 0.3) is 0 Å². The van der Waals surface area contributed by atoms with Crippen molar-refractivity contribution in [3.63, 3.8) is 0 Å². The summed E-state index contributed by atoms with van der Waals surface area (Å²) in [5, 5.41) is 0. The summed E-state index contributed by atoms with van der Waals surface area (Å²) in [4.78, 5) is 38.2. The molecular weight excluding hydrogens is 853 g/mol. The van der Waals surface area contributed by atoms with Crippen LogP contribution in [-0.2, 0) is 28.6 Å². The molecule has 0 aromatic rings. The van der Waals surface area contributed by atoms with Crippen LogP contribution in [0.1, 0.15) is 362 Å². The van der Waals surface area contributed by atoms with Crippen LogP contribution in [0.25, 0.3) is 0 Å². The second kappa shape index (κ2) is 57.3. The third-order valence-corrected chi connectivity index (χ3v) is 14.9. The van der Waals surface area contributed by atoms with Crippen molar-refractivity contribution in [1.82, 2.24) is 0 Å². The van der Waals surface area contributed by atoms with Gasteiger partial charge < -0.3 is 14.2 Å². The Balaban J connectivity index is 4.25. The van der Waals surface area contributed by atoms with E-state index >= 15 is 0 Å². The number of carbonyl (C=O) groups is 3. The van der Waals surface area contributed by atoms with Crippen molar-refractivity contribution in [2.45, 2.75) is 368 Å². The number of hydrogen-bond donors (Lipinski definition) is 0. The molecule has 6 heteroatoms. The molecule has 0 aromatic heterocycles. The zero-order chi connectivity index (χ0) is 50.2. The van der Waals surface area contributed by atoms with Gasteiger partial charge >= 0.3 is 17.9 Å². The fraction of sp³-hybridized carbons (Fsp3) is 0.952. The lowest BCUT2D eigenvalue weighted by molar-refractivity contribution is -0.167. The van der Waals surface area contributed by atoms with Crippen LogP contribution in [0.15, 0.2) is 0 Å². The molecule has 0 amide bonds. The van der Waals surface area contributed by atoms with Crippen molar-refractivity contribution in [2.75, 3.05) is 13.2 Å². The van der Waals surface area contributed by atoms with Crippen LogP contribution < -0.4 is 0 Å². The number of esters is 3. The van der Waals surface area contributed by atoms with E-state index in [1.54, 1.807) is 0 Å². The Kier molecular flexibility index (Phi) is 56.0. The molecule has 2 atom stereocenters. The maximum Gasteiger partial charge on any atom is 0.306 e. The van der Waals surface area contributed by atoms with Crippen molar-refractivity contribution in [3.8, 4) is 0 Å². The Bertz CT molecular complexity index is 1040. The SMILES string of the molecule is CCCCCCCCCCCCCCCCCCC(=O)OC[C@H](COC(=O)CCCCCCCCCCCCCCC)OC(=O)CCCCCCCCCCCCCCCCCCCCC(C)CC. The molecule has 0 rings (SSSR count). The molecule has 0 heterocycles. The fourth-order valence-electron chi connectivity index (χ4n) is 9.78. The van der Waals surface area contributed by atoms with Gasteiger partial charge in [-0.25, -0.2) is 0 Å². The highest BCUT2D eigenvalue weighted by atomic mass is 16.6. The highest BCUT2D eigenvalue weighted by Gasteiger charge is 2.19. The minimum Gasteiger partial charge on any atom is -0.462 e. The van der Waals surface area contributed by atoms with Gasteiger partial charge in [-0.15, -0.1) is 0 Å². The largest absolute Gasteiger partial charge is 0.462 e. The quantitative estimate of drug-likeness (QED) is 0.0343. The summed E-state index contributed by atoms with van der Waals surface area (Å²) in [7, 11) is 0. The van der Waals surface area contributed by atoms with Crippen molar-refractivity contribution >= 4 is 17.9 Å². The molecule has 0 N–H and O–H groups in total. The predicted molar refractivity (Wildman–Crippen MR) is 298 cm³/mol. The smallest absolute Gasteiger partial charge is 0.306 e. The molecule has 6 nitrogen and oxygen atoms in total. The highest BCUT2D eigenvalue weighted by Crippen LogP contribution is 2.19. The van der Waals surface area contributed by atoms with E-state index in [0.29, 0.717) is 19.3 Å². The Morgan fingerprint density at radius 3 is 0.754 bits per heavy atom. The fourth-order valence-corrected chi connectivity index (χ4v) is 9.78. The van der Waals surface area contributed by atoms with Gasteiger partial charge in [0.2, 0.25) is 0 Å². The molecule has 69 heavy (non-hydrogen) atoms. The minimum atomic E-state index is -0.762. The lowest BCUT2D eigenvalue weighted by atomic mass is 9.99. The molecule has 0 saturated carbocycles. The summed E-state index contributed by atoms with van der Waals surface area (Å²) in [5.41, 5.74) is 0. The number of unbranched alkanes of at least 4 members (excludes halogenated alkanes) is 44. The van der Waals surface area contributed by atoms with Crippen LogP contribution in [-0.4, -0.2) is 37.2 Å². The van der Waals surface area contributed by atoms with E-state index in [2.05, 4.69) is 27.7 Å². The van der Waals surface area contributed by atoms with E-state index in [1.807, 2.05) is 0 Å². The van der Waals surface area contributed by atoms with Crippen LogP contribution in [0, 0.1) is 5.92 Å². The molecule has 410 valence electrons. The lowest BCUT2D eigenvalue weighted by Gasteiger charge is -2.18. The second-order valence-electron chi connectivity index (χ2n) is 21.9. The first kappa shape index (κ1) is 67.4. The van der Waals surface area contributed by atoms with Crippen molar-refractivity contribution < 1.29 is 28.6 Å². The van der Waals surface area contributed by atoms with E-state index in [0.717, 1.165) is 63.7 Å². The molecule has 0 aliphatic carbocycles. The molecule has 0 aromatic carbocycles. The third-order valence-electron chi connectivity index (χ3n) is 14.9. The van der Waals surface area contributed by atoms with Crippen LogP contribution in [0.3, 0.4) is 0 Å². The molecule has 0 aliphatic rings. The number of ether oxygens (including phenoxy) is 3. The zero-order valence-corrected chi connectivity index (χ0v) is 47.3. The average molecular weight is 976 g/mol.